The largest absolute Gasteiger partial charge is 0.0985 e. The van der Waals surface area contributed by atoms with Crippen LogP contribution in [0.25, 0.3) is 34.4 Å². The van der Waals surface area contributed by atoms with Gasteiger partial charge >= 0.3 is 0 Å². The Balaban J connectivity index is 2.11. The van der Waals surface area contributed by atoms with Gasteiger partial charge in [0.25, 0.3) is 0 Å². The first-order chi connectivity index (χ1) is 12.4. The second-order valence-corrected chi connectivity index (χ2v) is 7.04. The van der Waals surface area contributed by atoms with Crippen LogP contribution in [0.15, 0.2) is 61.7 Å². The first-order valence-corrected chi connectivity index (χ1v) is 9.02. The third kappa shape index (κ3) is 3.28. The van der Waals surface area contributed by atoms with E-state index in [9.17, 15) is 0 Å². The van der Waals surface area contributed by atoms with Crippen LogP contribution in [-0.2, 0) is 0 Å². The van der Waals surface area contributed by atoms with Crippen molar-refractivity contribution in [2.24, 2.45) is 0 Å². The van der Waals surface area contributed by atoms with Crippen LogP contribution in [0.5, 0.6) is 0 Å². The molecule has 0 N–H and O–H groups in total. The third-order valence-corrected chi connectivity index (χ3v) is 5.15. The van der Waals surface area contributed by atoms with E-state index in [1.165, 1.54) is 50.1 Å². The lowest BCUT2D eigenvalue weighted by atomic mass is 9.88. The summed E-state index contributed by atoms with van der Waals surface area (Å²) in [5.74, 6) is 0. The fourth-order valence-corrected chi connectivity index (χ4v) is 3.56. The van der Waals surface area contributed by atoms with E-state index < -0.39 is 0 Å². The monoisotopic (exact) mass is 338 g/mol. The molecule has 0 saturated carbocycles. The summed E-state index contributed by atoms with van der Waals surface area (Å²) >= 11 is 0. The van der Waals surface area contributed by atoms with E-state index in [2.05, 4.69) is 89.4 Å². The molecule has 0 fully saturated rings. The molecule has 0 heteroatoms. The highest BCUT2D eigenvalue weighted by atomic mass is 14.2. The Morgan fingerprint density at radius 1 is 0.577 bits per heavy atom. The van der Waals surface area contributed by atoms with Crippen molar-refractivity contribution in [1.29, 1.82) is 0 Å². The summed E-state index contributed by atoms with van der Waals surface area (Å²) in [4.78, 5) is 0. The molecule has 0 heterocycles. The van der Waals surface area contributed by atoms with E-state index in [1.807, 2.05) is 12.2 Å². The molecular formula is C26H26. The predicted molar refractivity (Wildman–Crippen MR) is 116 cm³/mol. The van der Waals surface area contributed by atoms with Crippen molar-refractivity contribution in [2.75, 3.05) is 0 Å². The van der Waals surface area contributed by atoms with Gasteiger partial charge in [-0.3, -0.25) is 0 Å². The standard InChI is InChI=1S/C26H26/c1-7-21-9-11-23(12-10-21)24-15-20(6)26(16-19(24)5)25-14-17(3)22(8-2)13-18(25)4/h7-16H,1-2H2,3-6H3. The van der Waals surface area contributed by atoms with Crippen LogP contribution in [-0.4, -0.2) is 0 Å². The molecule has 0 aliphatic rings. The van der Waals surface area contributed by atoms with Gasteiger partial charge in [0.15, 0.2) is 0 Å². The van der Waals surface area contributed by atoms with Crippen LogP contribution >= 0.6 is 0 Å². The molecule has 26 heavy (non-hydrogen) atoms. The molecule has 3 aromatic rings. The molecule has 3 rings (SSSR count). The van der Waals surface area contributed by atoms with Crippen molar-refractivity contribution in [1.82, 2.24) is 0 Å². The maximum atomic E-state index is 3.92. The molecule has 0 spiro atoms. The van der Waals surface area contributed by atoms with Gasteiger partial charge in [0.05, 0.1) is 0 Å². The van der Waals surface area contributed by atoms with Crippen molar-refractivity contribution in [3.63, 3.8) is 0 Å². The zero-order chi connectivity index (χ0) is 18.8. The van der Waals surface area contributed by atoms with Crippen molar-refractivity contribution in [2.45, 2.75) is 27.7 Å². The zero-order valence-electron chi connectivity index (χ0n) is 16.2. The van der Waals surface area contributed by atoms with Gasteiger partial charge in [0.2, 0.25) is 0 Å². The SMILES string of the molecule is C=Cc1ccc(-c2cc(C)c(-c3cc(C)c(C=C)cc3C)cc2C)cc1. The van der Waals surface area contributed by atoms with Crippen LogP contribution in [0.1, 0.15) is 33.4 Å². The van der Waals surface area contributed by atoms with E-state index in [0.29, 0.717) is 0 Å². The molecule has 0 nitrogen and oxygen atoms in total. The molecule has 3 aromatic carbocycles. The number of aryl methyl sites for hydroxylation is 4. The van der Waals surface area contributed by atoms with Crippen LogP contribution < -0.4 is 0 Å². The summed E-state index contributed by atoms with van der Waals surface area (Å²) in [7, 11) is 0. The van der Waals surface area contributed by atoms with Crippen molar-refractivity contribution < 1.29 is 0 Å². The minimum Gasteiger partial charge on any atom is -0.0985 e. The number of hydrogen-bond acceptors (Lipinski definition) is 0. The minimum atomic E-state index is 1.15. The first-order valence-electron chi connectivity index (χ1n) is 9.02. The molecule has 0 bridgehead atoms. The van der Waals surface area contributed by atoms with Gasteiger partial charge in [-0.2, -0.15) is 0 Å². The maximum Gasteiger partial charge on any atom is -0.0149 e. The molecule has 130 valence electrons. The lowest BCUT2D eigenvalue weighted by Gasteiger charge is -2.16. The van der Waals surface area contributed by atoms with Gasteiger partial charge in [-0.05, 0) is 83.3 Å². The van der Waals surface area contributed by atoms with E-state index in [0.717, 1.165) is 5.56 Å². The Morgan fingerprint density at radius 2 is 1.08 bits per heavy atom. The molecule has 0 aromatic heterocycles. The van der Waals surface area contributed by atoms with Gasteiger partial charge in [-0.15, -0.1) is 0 Å². The zero-order valence-corrected chi connectivity index (χ0v) is 16.2. The van der Waals surface area contributed by atoms with Gasteiger partial charge in [-0.1, -0.05) is 73.8 Å². The van der Waals surface area contributed by atoms with Crippen molar-refractivity contribution in [3.05, 3.63) is 95.1 Å². The number of benzene rings is 3. The highest BCUT2D eigenvalue weighted by molar-refractivity contribution is 5.79. The normalized spacial score (nSPS) is 10.6. The van der Waals surface area contributed by atoms with Crippen LogP contribution in [0, 0.1) is 27.7 Å². The lowest BCUT2D eigenvalue weighted by Crippen LogP contribution is -1.94. The van der Waals surface area contributed by atoms with E-state index in [-0.39, 0.29) is 0 Å². The fraction of sp³-hybridized carbons (Fsp3) is 0.154. The fourth-order valence-electron chi connectivity index (χ4n) is 3.56. The minimum absolute atomic E-state index is 1.15. The Labute approximate surface area is 157 Å². The second-order valence-electron chi connectivity index (χ2n) is 7.04. The smallest absolute Gasteiger partial charge is 0.0149 e. The molecule has 0 unspecified atom stereocenters. The first kappa shape index (κ1) is 17.9. The topological polar surface area (TPSA) is 0 Å². The summed E-state index contributed by atoms with van der Waals surface area (Å²) in [6.45, 7) is 16.5. The third-order valence-electron chi connectivity index (χ3n) is 5.15. The molecule has 0 saturated heterocycles. The van der Waals surface area contributed by atoms with Crippen LogP contribution in [0.3, 0.4) is 0 Å². The van der Waals surface area contributed by atoms with Crippen LogP contribution in [0.2, 0.25) is 0 Å². The molecule has 0 atom stereocenters. The van der Waals surface area contributed by atoms with Crippen molar-refractivity contribution in [3.8, 4) is 22.3 Å². The van der Waals surface area contributed by atoms with Gasteiger partial charge in [0, 0.05) is 0 Å². The average molecular weight is 338 g/mol. The summed E-state index contributed by atoms with van der Waals surface area (Å²) in [5.41, 5.74) is 12.7. The average Bonchev–Trinajstić information content (AvgIpc) is 2.65. The van der Waals surface area contributed by atoms with Gasteiger partial charge in [-0.25, -0.2) is 0 Å². The Bertz CT molecular complexity index is 986. The van der Waals surface area contributed by atoms with Gasteiger partial charge in [0.1, 0.15) is 0 Å². The summed E-state index contributed by atoms with van der Waals surface area (Å²) in [5, 5.41) is 0. The molecule has 0 aliphatic carbocycles. The summed E-state index contributed by atoms with van der Waals surface area (Å²) in [6.07, 6.45) is 3.81. The molecule has 0 radical (unpaired) electrons. The molecule has 0 amide bonds. The highest BCUT2D eigenvalue weighted by Gasteiger charge is 2.11. The van der Waals surface area contributed by atoms with Crippen molar-refractivity contribution >= 4 is 12.2 Å². The Kier molecular flexibility index (Phi) is 4.95. The van der Waals surface area contributed by atoms with E-state index in [1.54, 1.807) is 0 Å². The van der Waals surface area contributed by atoms with Crippen LogP contribution in [0.4, 0.5) is 0 Å². The second kappa shape index (κ2) is 7.17. The summed E-state index contributed by atoms with van der Waals surface area (Å²) in [6, 6.07) is 17.7. The Morgan fingerprint density at radius 3 is 1.65 bits per heavy atom. The lowest BCUT2D eigenvalue weighted by molar-refractivity contribution is 1.34. The number of hydrogen-bond donors (Lipinski definition) is 0. The van der Waals surface area contributed by atoms with E-state index in [4.69, 9.17) is 0 Å². The van der Waals surface area contributed by atoms with E-state index >= 15 is 0 Å². The maximum absolute atomic E-state index is 3.92. The molecule has 0 aliphatic heterocycles. The predicted octanol–water partition coefficient (Wildman–Crippen LogP) is 7.54. The summed E-state index contributed by atoms with van der Waals surface area (Å²) < 4.78 is 0. The molecular weight excluding hydrogens is 312 g/mol. The highest BCUT2D eigenvalue weighted by Crippen LogP contribution is 2.34. The number of rotatable bonds is 4. The Hall–Kier alpha value is -2.86. The van der Waals surface area contributed by atoms with Gasteiger partial charge < -0.3 is 0 Å². The quantitative estimate of drug-likeness (QED) is 0.461.